The maximum absolute atomic E-state index is 13.0. The lowest BCUT2D eigenvalue weighted by atomic mass is 10.1. The number of nitrogens with two attached hydrogens (primary N) is 1. The molecule has 1 aromatic rings. The zero-order valence-corrected chi connectivity index (χ0v) is 7.76. The fourth-order valence-corrected chi connectivity index (χ4v) is 1.17. The summed E-state index contributed by atoms with van der Waals surface area (Å²) in [5.74, 6) is -0.132. The van der Waals surface area contributed by atoms with Gasteiger partial charge in [0.2, 0.25) is 0 Å². The van der Waals surface area contributed by atoms with Gasteiger partial charge in [0.25, 0.3) is 0 Å². The Morgan fingerprint density at radius 2 is 2.23 bits per heavy atom. The Hall–Kier alpha value is -1.15. The fourth-order valence-electron chi connectivity index (χ4n) is 1.17. The minimum Gasteiger partial charge on any atom is -0.327 e. The van der Waals surface area contributed by atoms with Crippen molar-refractivity contribution in [1.29, 1.82) is 0 Å². The minimum absolute atomic E-state index is 0.132. The zero-order chi connectivity index (χ0) is 9.68. The van der Waals surface area contributed by atoms with Gasteiger partial charge in [0.1, 0.15) is 5.82 Å². The van der Waals surface area contributed by atoms with Gasteiger partial charge in [-0.15, -0.1) is 0 Å². The molecule has 0 unspecified atom stereocenters. The molecule has 2 N–H and O–H groups in total. The molecule has 0 fully saturated rings. The monoisotopic (exact) mass is 179 g/mol. The maximum atomic E-state index is 13.0. The Kier molecular flexibility index (Phi) is 3.65. The number of aryl methyl sites for hydroxylation is 1. The third kappa shape index (κ3) is 2.67. The van der Waals surface area contributed by atoms with Crippen molar-refractivity contribution in [3.05, 3.63) is 41.2 Å². The van der Waals surface area contributed by atoms with Gasteiger partial charge in [-0.25, -0.2) is 4.39 Å². The van der Waals surface area contributed by atoms with E-state index in [-0.39, 0.29) is 5.82 Å². The van der Waals surface area contributed by atoms with Crippen molar-refractivity contribution >= 4 is 6.08 Å². The van der Waals surface area contributed by atoms with Gasteiger partial charge in [0.15, 0.2) is 0 Å². The largest absolute Gasteiger partial charge is 0.327 e. The second kappa shape index (κ2) is 4.77. The van der Waals surface area contributed by atoms with Crippen LogP contribution in [-0.4, -0.2) is 6.54 Å². The molecule has 70 valence electrons. The lowest BCUT2D eigenvalue weighted by molar-refractivity contribution is 0.612. The van der Waals surface area contributed by atoms with Crippen LogP contribution < -0.4 is 5.73 Å². The summed E-state index contributed by atoms with van der Waals surface area (Å²) >= 11 is 0. The fraction of sp³-hybridized carbons (Fsp3) is 0.273. The molecule has 0 heterocycles. The molecule has 2 heteroatoms. The van der Waals surface area contributed by atoms with Crippen molar-refractivity contribution in [1.82, 2.24) is 0 Å². The molecule has 0 saturated carbocycles. The van der Waals surface area contributed by atoms with Crippen LogP contribution in [0.5, 0.6) is 0 Å². The normalized spacial score (nSPS) is 11.0. The standard InChI is InChI=1S/C11H14FN/c1-2-10-8-9(4-3-7-13)5-6-11(10)12/h3-6,8H,2,7,13H2,1H3/b4-3+. The summed E-state index contributed by atoms with van der Waals surface area (Å²) in [5, 5.41) is 0. The maximum Gasteiger partial charge on any atom is 0.126 e. The highest BCUT2D eigenvalue weighted by atomic mass is 19.1. The first-order chi connectivity index (χ1) is 6.27. The summed E-state index contributed by atoms with van der Waals surface area (Å²) in [5.41, 5.74) is 7.07. The van der Waals surface area contributed by atoms with Crippen LogP contribution >= 0.6 is 0 Å². The molecule has 0 amide bonds. The van der Waals surface area contributed by atoms with Gasteiger partial charge in [0.05, 0.1) is 0 Å². The summed E-state index contributed by atoms with van der Waals surface area (Å²) in [6.45, 7) is 2.45. The molecule has 0 aliphatic heterocycles. The van der Waals surface area contributed by atoms with E-state index in [1.807, 2.05) is 25.1 Å². The molecule has 0 radical (unpaired) electrons. The molecule has 0 atom stereocenters. The molecule has 13 heavy (non-hydrogen) atoms. The van der Waals surface area contributed by atoms with Crippen LogP contribution in [0.4, 0.5) is 4.39 Å². The first kappa shape index (κ1) is 9.93. The van der Waals surface area contributed by atoms with Crippen LogP contribution in [0.1, 0.15) is 18.1 Å². The van der Waals surface area contributed by atoms with Crippen LogP contribution in [0, 0.1) is 5.82 Å². The molecule has 0 bridgehead atoms. The summed E-state index contributed by atoms with van der Waals surface area (Å²) in [6, 6.07) is 5.09. The van der Waals surface area contributed by atoms with E-state index in [1.165, 1.54) is 6.07 Å². The lowest BCUT2D eigenvalue weighted by Crippen LogP contribution is -1.92. The first-order valence-electron chi connectivity index (χ1n) is 4.43. The molecule has 1 aromatic carbocycles. The number of benzene rings is 1. The Labute approximate surface area is 78.1 Å². The van der Waals surface area contributed by atoms with Crippen LogP contribution in [0.15, 0.2) is 24.3 Å². The number of halogens is 1. The van der Waals surface area contributed by atoms with Crippen molar-refractivity contribution < 1.29 is 4.39 Å². The number of hydrogen-bond donors (Lipinski definition) is 1. The van der Waals surface area contributed by atoms with E-state index in [0.717, 1.165) is 17.5 Å². The Morgan fingerprint density at radius 1 is 1.46 bits per heavy atom. The summed E-state index contributed by atoms with van der Waals surface area (Å²) < 4.78 is 13.0. The van der Waals surface area contributed by atoms with Crippen molar-refractivity contribution in [2.45, 2.75) is 13.3 Å². The average Bonchev–Trinajstić information content (AvgIpc) is 2.16. The Balaban J connectivity index is 2.92. The summed E-state index contributed by atoms with van der Waals surface area (Å²) in [4.78, 5) is 0. The Bertz CT molecular complexity index is 305. The molecule has 0 aliphatic carbocycles. The highest BCUT2D eigenvalue weighted by Gasteiger charge is 1.98. The molecule has 1 rings (SSSR count). The van der Waals surface area contributed by atoms with E-state index in [2.05, 4.69) is 0 Å². The first-order valence-corrected chi connectivity index (χ1v) is 4.43. The topological polar surface area (TPSA) is 26.0 Å². The smallest absolute Gasteiger partial charge is 0.126 e. The van der Waals surface area contributed by atoms with E-state index < -0.39 is 0 Å². The molecular weight excluding hydrogens is 165 g/mol. The van der Waals surface area contributed by atoms with Gasteiger partial charge in [-0.1, -0.05) is 25.1 Å². The second-order valence-electron chi connectivity index (χ2n) is 2.84. The van der Waals surface area contributed by atoms with Crippen LogP contribution in [-0.2, 0) is 6.42 Å². The van der Waals surface area contributed by atoms with Crippen LogP contribution in [0.3, 0.4) is 0 Å². The van der Waals surface area contributed by atoms with Crippen molar-refractivity contribution in [2.75, 3.05) is 6.54 Å². The molecule has 0 saturated heterocycles. The number of rotatable bonds is 3. The predicted octanol–water partition coefficient (Wildman–Crippen LogP) is 2.36. The second-order valence-corrected chi connectivity index (χ2v) is 2.84. The lowest BCUT2D eigenvalue weighted by Gasteiger charge is -2.00. The van der Waals surface area contributed by atoms with E-state index in [0.29, 0.717) is 6.54 Å². The van der Waals surface area contributed by atoms with Gasteiger partial charge < -0.3 is 5.73 Å². The van der Waals surface area contributed by atoms with Crippen molar-refractivity contribution in [2.24, 2.45) is 5.73 Å². The average molecular weight is 179 g/mol. The van der Waals surface area contributed by atoms with Gasteiger partial charge >= 0.3 is 0 Å². The molecule has 0 aromatic heterocycles. The van der Waals surface area contributed by atoms with Gasteiger partial charge in [0, 0.05) is 6.54 Å². The third-order valence-corrected chi connectivity index (χ3v) is 1.90. The number of hydrogen-bond acceptors (Lipinski definition) is 1. The predicted molar refractivity (Wildman–Crippen MR) is 53.9 cm³/mol. The van der Waals surface area contributed by atoms with E-state index >= 15 is 0 Å². The highest BCUT2D eigenvalue weighted by molar-refractivity contribution is 5.50. The molecule has 1 nitrogen and oxygen atoms in total. The van der Waals surface area contributed by atoms with E-state index in [1.54, 1.807) is 6.07 Å². The zero-order valence-electron chi connectivity index (χ0n) is 7.76. The molecule has 0 aliphatic rings. The van der Waals surface area contributed by atoms with E-state index in [9.17, 15) is 4.39 Å². The van der Waals surface area contributed by atoms with Crippen LogP contribution in [0.2, 0.25) is 0 Å². The summed E-state index contributed by atoms with van der Waals surface area (Å²) in [6.07, 6.45) is 4.47. The van der Waals surface area contributed by atoms with Crippen molar-refractivity contribution in [3.63, 3.8) is 0 Å². The van der Waals surface area contributed by atoms with Gasteiger partial charge in [-0.05, 0) is 29.7 Å². The third-order valence-electron chi connectivity index (χ3n) is 1.90. The van der Waals surface area contributed by atoms with Crippen molar-refractivity contribution in [3.8, 4) is 0 Å². The van der Waals surface area contributed by atoms with Gasteiger partial charge in [-0.2, -0.15) is 0 Å². The molecule has 0 spiro atoms. The van der Waals surface area contributed by atoms with E-state index in [4.69, 9.17) is 5.73 Å². The summed E-state index contributed by atoms with van der Waals surface area (Å²) in [7, 11) is 0. The molecular formula is C11H14FN. The van der Waals surface area contributed by atoms with Crippen LogP contribution in [0.25, 0.3) is 6.08 Å². The SMILES string of the molecule is CCc1cc(/C=C/CN)ccc1F. The Morgan fingerprint density at radius 3 is 2.85 bits per heavy atom. The van der Waals surface area contributed by atoms with Gasteiger partial charge in [-0.3, -0.25) is 0 Å². The quantitative estimate of drug-likeness (QED) is 0.757. The minimum atomic E-state index is -0.132. The highest BCUT2D eigenvalue weighted by Crippen LogP contribution is 2.12.